The van der Waals surface area contributed by atoms with E-state index in [1.54, 1.807) is 0 Å². The van der Waals surface area contributed by atoms with E-state index in [1.807, 2.05) is 0 Å². The highest BCUT2D eigenvalue weighted by molar-refractivity contribution is 8.01. The van der Waals surface area contributed by atoms with Crippen molar-refractivity contribution in [1.82, 2.24) is 10.2 Å². The highest BCUT2D eigenvalue weighted by Gasteiger charge is 2.28. The Balaban J connectivity index is 1.65. The molecule has 0 spiro atoms. The molecular formula is C18H24N4O3S3. The third kappa shape index (κ3) is 5.03. The first-order valence-electron chi connectivity index (χ1n) is 9.24. The van der Waals surface area contributed by atoms with Gasteiger partial charge < -0.3 is 15.4 Å². The van der Waals surface area contributed by atoms with Crippen LogP contribution in [-0.2, 0) is 22.4 Å². The predicted molar refractivity (Wildman–Crippen MR) is 115 cm³/mol. The second-order valence-corrected chi connectivity index (χ2v) is 9.99. The van der Waals surface area contributed by atoms with Crippen LogP contribution in [0.5, 0.6) is 0 Å². The molecule has 0 fully saturated rings. The van der Waals surface area contributed by atoms with Gasteiger partial charge >= 0.3 is 5.97 Å². The van der Waals surface area contributed by atoms with E-state index in [2.05, 4.69) is 34.7 Å². The highest BCUT2D eigenvalue weighted by Crippen LogP contribution is 2.40. The van der Waals surface area contributed by atoms with Crippen LogP contribution in [0.1, 0.15) is 47.5 Å². The maximum Gasteiger partial charge on any atom is 0.341 e. The fourth-order valence-corrected chi connectivity index (χ4v) is 6.01. The molecule has 2 heterocycles. The fourth-order valence-electron chi connectivity index (χ4n) is 3.02. The summed E-state index contributed by atoms with van der Waals surface area (Å²) in [5.41, 5.74) is 1.56. The van der Waals surface area contributed by atoms with Gasteiger partial charge in [0.15, 0.2) is 4.34 Å². The maximum atomic E-state index is 12.5. The standard InChI is InChI=1S/C18H24N4O3S3/c1-4-7-19-17-21-22-18(28-17)26-9-13(23)20-15-14(16(24)25-3)11-6-5-10(2)8-12(11)27-15/h10H,4-9H2,1-3H3,(H,19,21)(H,20,23). The summed E-state index contributed by atoms with van der Waals surface area (Å²) in [5.74, 6) is 0.247. The van der Waals surface area contributed by atoms with E-state index in [-0.39, 0.29) is 17.6 Å². The first-order chi connectivity index (χ1) is 13.5. The van der Waals surface area contributed by atoms with E-state index in [0.717, 1.165) is 47.3 Å². The molecular weight excluding hydrogens is 416 g/mol. The molecule has 0 saturated carbocycles. The van der Waals surface area contributed by atoms with Crippen LogP contribution in [0.3, 0.4) is 0 Å². The summed E-state index contributed by atoms with van der Waals surface area (Å²) >= 11 is 4.27. The Morgan fingerprint density at radius 2 is 2.14 bits per heavy atom. The normalized spacial score (nSPS) is 15.8. The van der Waals surface area contributed by atoms with Crippen molar-refractivity contribution >= 4 is 56.4 Å². The van der Waals surface area contributed by atoms with Crippen molar-refractivity contribution in [3.8, 4) is 0 Å². The van der Waals surface area contributed by atoms with Crippen molar-refractivity contribution in [3.63, 3.8) is 0 Å². The number of thiophene rings is 1. The monoisotopic (exact) mass is 440 g/mol. The molecule has 1 amide bonds. The van der Waals surface area contributed by atoms with Gasteiger partial charge in [0.05, 0.1) is 18.4 Å². The zero-order valence-electron chi connectivity index (χ0n) is 16.2. The number of hydrogen-bond acceptors (Lipinski definition) is 9. The number of ether oxygens (including phenoxy) is 1. The number of thioether (sulfide) groups is 1. The lowest BCUT2D eigenvalue weighted by Gasteiger charge is -2.18. The number of anilines is 2. The molecule has 2 N–H and O–H groups in total. The second kappa shape index (κ2) is 9.71. The van der Waals surface area contributed by atoms with E-state index < -0.39 is 0 Å². The van der Waals surface area contributed by atoms with E-state index in [9.17, 15) is 9.59 Å². The zero-order valence-corrected chi connectivity index (χ0v) is 18.6. The van der Waals surface area contributed by atoms with Crippen molar-refractivity contribution in [2.75, 3.05) is 30.0 Å². The summed E-state index contributed by atoms with van der Waals surface area (Å²) in [6.45, 7) is 5.14. The SMILES string of the molecule is CCCNc1nnc(SCC(=O)Nc2sc3c(c2C(=O)OC)CCC(C)C3)s1. The average molecular weight is 441 g/mol. The summed E-state index contributed by atoms with van der Waals surface area (Å²) in [6.07, 6.45) is 3.84. The van der Waals surface area contributed by atoms with Crippen molar-refractivity contribution in [2.24, 2.45) is 5.92 Å². The molecule has 0 radical (unpaired) electrons. The number of amides is 1. The van der Waals surface area contributed by atoms with Crippen LogP contribution in [0, 0.1) is 5.92 Å². The Labute approximate surface area is 176 Å². The fraction of sp³-hybridized carbons (Fsp3) is 0.556. The molecule has 2 aromatic heterocycles. The van der Waals surface area contributed by atoms with Gasteiger partial charge in [-0.25, -0.2) is 4.79 Å². The van der Waals surface area contributed by atoms with Gasteiger partial charge in [0.1, 0.15) is 5.00 Å². The second-order valence-electron chi connectivity index (χ2n) is 6.68. The molecule has 7 nitrogen and oxygen atoms in total. The molecule has 28 heavy (non-hydrogen) atoms. The number of hydrogen-bond donors (Lipinski definition) is 2. The number of rotatable bonds is 8. The first kappa shape index (κ1) is 21.1. The third-order valence-electron chi connectivity index (χ3n) is 4.41. The largest absolute Gasteiger partial charge is 0.465 e. The average Bonchev–Trinajstić information content (AvgIpc) is 3.27. The molecule has 1 unspecified atom stereocenters. The van der Waals surface area contributed by atoms with Gasteiger partial charge in [-0.1, -0.05) is 36.9 Å². The Hall–Kier alpha value is -1.65. The van der Waals surface area contributed by atoms with Gasteiger partial charge in [0.2, 0.25) is 11.0 Å². The first-order valence-corrected chi connectivity index (χ1v) is 11.9. The zero-order chi connectivity index (χ0) is 20.1. The van der Waals surface area contributed by atoms with Crippen LogP contribution in [-0.4, -0.2) is 41.5 Å². The molecule has 1 atom stereocenters. The van der Waals surface area contributed by atoms with Gasteiger partial charge in [0.25, 0.3) is 0 Å². The number of carbonyl (C=O) groups excluding carboxylic acids is 2. The lowest BCUT2D eigenvalue weighted by molar-refractivity contribution is -0.113. The van der Waals surface area contributed by atoms with Crippen LogP contribution in [0.4, 0.5) is 10.1 Å². The third-order valence-corrected chi connectivity index (χ3v) is 7.60. The molecule has 152 valence electrons. The minimum Gasteiger partial charge on any atom is -0.465 e. The molecule has 10 heteroatoms. The van der Waals surface area contributed by atoms with Crippen molar-refractivity contribution in [2.45, 2.75) is 43.9 Å². The molecule has 1 aliphatic rings. The van der Waals surface area contributed by atoms with E-state index in [1.165, 1.54) is 46.4 Å². The number of aromatic nitrogens is 2. The predicted octanol–water partition coefficient (Wildman–Crippen LogP) is 4.06. The molecule has 3 rings (SSSR count). The van der Waals surface area contributed by atoms with Crippen LogP contribution >= 0.6 is 34.4 Å². The number of fused-ring (bicyclic) bond motifs is 1. The molecule has 0 bridgehead atoms. The summed E-state index contributed by atoms with van der Waals surface area (Å²) < 4.78 is 5.70. The maximum absolute atomic E-state index is 12.5. The number of nitrogens with one attached hydrogen (secondary N) is 2. The van der Waals surface area contributed by atoms with Gasteiger partial charge in [-0.05, 0) is 37.2 Å². The quantitative estimate of drug-likeness (QED) is 0.472. The van der Waals surface area contributed by atoms with Gasteiger partial charge in [-0.15, -0.1) is 21.5 Å². The summed E-state index contributed by atoms with van der Waals surface area (Å²) in [5, 5.41) is 15.6. The summed E-state index contributed by atoms with van der Waals surface area (Å²) in [7, 11) is 1.37. The van der Waals surface area contributed by atoms with Crippen LogP contribution < -0.4 is 10.6 Å². The Bertz CT molecular complexity index is 849. The van der Waals surface area contributed by atoms with Crippen LogP contribution in [0.15, 0.2) is 4.34 Å². The number of methoxy groups -OCH3 is 1. The number of nitrogens with zero attached hydrogens (tertiary/aromatic N) is 2. The highest BCUT2D eigenvalue weighted by atomic mass is 32.2. The van der Waals surface area contributed by atoms with Gasteiger partial charge in [-0.3, -0.25) is 4.79 Å². The molecule has 2 aromatic rings. The van der Waals surface area contributed by atoms with Crippen molar-refractivity contribution in [1.29, 1.82) is 0 Å². The lowest BCUT2D eigenvalue weighted by Crippen LogP contribution is -2.17. The minimum atomic E-state index is -0.384. The topological polar surface area (TPSA) is 93.2 Å². The lowest BCUT2D eigenvalue weighted by atomic mass is 9.88. The smallest absolute Gasteiger partial charge is 0.341 e. The van der Waals surface area contributed by atoms with E-state index in [4.69, 9.17) is 4.74 Å². The van der Waals surface area contributed by atoms with Crippen molar-refractivity contribution in [3.05, 3.63) is 16.0 Å². The van der Waals surface area contributed by atoms with Gasteiger partial charge in [-0.2, -0.15) is 0 Å². The molecule has 1 aliphatic carbocycles. The van der Waals surface area contributed by atoms with Gasteiger partial charge in [0, 0.05) is 11.4 Å². The number of esters is 1. The minimum absolute atomic E-state index is 0.167. The number of carbonyl (C=O) groups is 2. The summed E-state index contributed by atoms with van der Waals surface area (Å²) in [6, 6.07) is 0. The van der Waals surface area contributed by atoms with E-state index >= 15 is 0 Å². The Morgan fingerprint density at radius 3 is 2.89 bits per heavy atom. The van der Waals surface area contributed by atoms with Crippen molar-refractivity contribution < 1.29 is 14.3 Å². The van der Waals surface area contributed by atoms with Crippen LogP contribution in [0.2, 0.25) is 0 Å². The Morgan fingerprint density at radius 1 is 1.32 bits per heavy atom. The van der Waals surface area contributed by atoms with Crippen LogP contribution in [0.25, 0.3) is 0 Å². The molecule has 0 saturated heterocycles. The molecule has 0 aromatic carbocycles. The summed E-state index contributed by atoms with van der Waals surface area (Å²) in [4.78, 5) is 26.0. The molecule has 0 aliphatic heterocycles. The Kier molecular flexibility index (Phi) is 7.30. The van der Waals surface area contributed by atoms with E-state index in [0.29, 0.717) is 16.5 Å².